The van der Waals surface area contributed by atoms with Crippen LogP contribution in [0, 0.1) is 11.8 Å². The highest BCUT2D eigenvalue weighted by Crippen LogP contribution is 2.30. The molecule has 0 saturated heterocycles. The SMILES string of the molecule is O=C(O)C1CCCCC1C(=O)NCCCO. The minimum absolute atomic E-state index is 0.0350. The van der Waals surface area contributed by atoms with E-state index >= 15 is 0 Å². The molecule has 2 unspecified atom stereocenters. The summed E-state index contributed by atoms with van der Waals surface area (Å²) in [4.78, 5) is 22.7. The van der Waals surface area contributed by atoms with Crippen LogP contribution < -0.4 is 5.32 Å². The summed E-state index contributed by atoms with van der Waals surface area (Å²) in [6, 6.07) is 0. The van der Waals surface area contributed by atoms with Crippen molar-refractivity contribution in [2.45, 2.75) is 32.1 Å². The van der Waals surface area contributed by atoms with Crippen LogP contribution in [0.1, 0.15) is 32.1 Å². The average Bonchev–Trinajstić information content (AvgIpc) is 2.29. The Hall–Kier alpha value is -1.10. The molecular formula is C11H19NO4. The highest BCUT2D eigenvalue weighted by Gasteiger charge is 2.35. The molecule has 92 valence electrons. The van der Waals surface area contributed by atoms with Crippen LogP contribution >= 0.6 is 0 Å². The van der Waals surface area contributed by atoms with Crippen molar-refractivity contribution >= 4 is 11.9 Å². The fourth-order valence-electron chi connectivity index (χ4n) is 2.16. The van der Waals surface area contributed by atoms with Gasteiger partial charge in [-0.1, -0.05) is 12.8 Å². The maximum Gasteiger partial charge on any atom is 0.307 e. The molecule has 0 heterocycles. The summed E-state index contributed by atoms with van der Waals surface area (Å²) in [7, 11) is 0. The van der Waals surface area contributed by atoms with Crippen LogP contribution in [0.2, 0.25) is 0 Å². The number of carbonyl (C=O) groups is 2. The Morgan fingerprint density at radius 3 is 2.38 bits per heavy atom. The number of aliphatic carboxylic acids is 1. The molecule has 0 aromatic carbocycles. The maximum atomic E-state index is 11.7. The molecule has 5 heteroatoms. The lowest BCUT2D eigenvalue weighted by Crippen LogP contribution is -2.40. The van der Waals surface area contributed by atoms with Crippen LogP contribution in [0.15, 0.2) is 0 Å². The predicted octanol–water partition coefficient (Wildman–Crippen LogP) is 0.376. The normalized spacial score (nSPS) is 25.1. The summed E-state index contributed by atoms with van der Waals surface area (Å²) in [6.45, 7) is 0.450. The number of hydrogen-bond acceptors (Lipinski definition) is 3. The minimum Gasteiger partial charge on any atom is -0.481 e. The Morgan fingerprint density at radius 2 is 1.81 bits per heavy atom. The summed E-state index contributed by atoms with van der Waals surface area (Å²) in [5.41, 5.74) is 0. The zero-order valence-corrected chi connectivity index (χ0v) is 9.32. The van der Waals surface area contributed by atoms with Crippen LogP contribution in [0.4, 0.5) is 0 Å². The van der Waals surface area contributed by atoms with Crippen molar-refractivity contribution in [2.75, 3.05) is 13.2 Å². The Labute approximate surface area is 94.8 Å². The van der Waals surface area contributed by atoms with Crippen molar-refractivity contribution in [3.05, 3.63) is 0 Å². The first-order valence-corrected chi connectivity index (χ1v) is 5.78. The smallest absolute Gasteiger partial charge is 0.307 e. The number of hydrogen-bond donors (Lipinski definition) is 3. The maximum absolute atomic E-state index is 11.7. The molecule has 1 amide bonds. The topological polar surface area (TPSA) is 86.6 Å². The molecule has 16 heavy (non-hydrogen) atoms. The molecular weight excluding hydrogens is 210 g/mol. The summed E-state index contributed by atoms with van der Waals surface area (Å²) >= 11 is 0. The van der Waals surface area contributed by atoms with Gasteiger partial charge in [0.25, 0.3) is 0 Å². The fraction of sp³-hybridized carbons (Fsp3) is 0.818. The number of carbonyl (C=O) groups excluding carboxylic acids is 1. The van der Waals surface area contributed by atoms with E-state index in [-0.39, 0.29) is 12.5 Å². The third kappa shape index (κ3) is 3.48. The molecule has 2 atom stereocenters. The highest BCUT2D eigenvalue weighted by molar-refractivity contribution is 5.84. The van der Waals surface area contributed by atoms with Crippen LogP contribution in [0.5, 0.6) is 0 Å². The standard InChI is InChI=1S/C11H19NO4/c13-7-3-6-12-10(14)8-4-1-2-5-9(8)11(15)16/h8-9,13H,1-7H2,(H,12,14)(H,15,16). The van der Waals surface area contributed by atoms with Gasteiger partial charge in [0.05, 0.1) is 11.8 Å². The van der Waals surface area contributed by atoms with Crippen molar-refractivity contribution in [3.8, 4) is 0 Å². The Morgan fingerprint density at radius 1 is 1.19 bits per heavy atom. The minimum atomic E-state index is -0.873. The second kappa shape index (κ2) is 6.48. The molecule has 0 aliphatic heterocycles. The van der Waals surface area contributed by atoms with Gasteiger partial charge in [-0.15, -0.1) is 0 Å². The fourth-order valence-corrected chi connectivity index (χ4v) is 2.16. The number of aliphatic hydroxyl groups excluding tert-OH is 1. The number of carboxylic acid groups (broad SMARTS) is 1. The van der Waals surface area contributed by atoms with Crippen molar-refractivity contribution < 1.29 is 19.8 Å². The molecule has 5 nitrogen and oxygen atoms in total. The van der Waals surface area contributed by atoms with Crippen molar-refractivity contribution in [1.29, 1.82) is 0 Å². The zero-order chi connectivity index (χ0) is 12.0. The molecule has 0 aromatic heterocycles. The van der Waals surface area contributed by atoms with Gasteiger partial charge in [-0.2, -0.15) is 0 Å². The summed E-state index contributed by atoms with van der Waals surface area (Å²) in [5.74, 6) is -1.99. The second-order valence-electron chi connectivity index (χ2n) is 4.20. The third-order valence-electron chi connectivity index (χ3n) is 3.05. The van der Waals surface area contributed by atoms with Gasteiger partial charge in [0.15, 0.2) is 0 Å². The van der Waals surface area contributed by atoms with Gasteiger partial charge in [0.1, 0.15) is 0 Å². The lowest BCUT2D eigenvalue weighted by Gasteiger charge is -2.27. The lowest BCUT2D eigenvalue weighted by atomic mass is 9.79. The summed E-state index contributed by atoms with van der Waals surface area (Å²) in [5, 5.41) is 20.3. The first-order chi connectivity index (χ1) is 7.66. The molecule has 1 fully saturated rings. The molecule has 0 aromatic rings. The third-order valence-corrected chi connectivity index (χ3v) is 3.05. The molecule has 1 rings (SSSR count). The van der Waals surface area contributed by atoms with Gasteiger partial charge in [0, 0.05) is 13.2 Å². The Kier molecular flexibility index (Phi) is 5.25. The molecule has 0 bridgehead atoms. The number of aliphatic hydroxyl groups is 1. The summed E-state index contributed by atoms with van der Waals surface area (Å²) in [6.07, 6.45) is 3.56. The van der Waals surface area contributed by atoms with E-state index in [1.165, 1.54) is 0 Å². The monoisotopic (exact) mass is 229 g/mol. The van der Waals surface area contributed by atoms with Crippen LogP contribution in [-0.2, 0) is 9.59 Å². The quantitative estimate of drug-likeness (QED) is 0.595. The molecule has 1 aliphatic rings. The van der Waals surface area contributed by atoms with E-state index in [4.69, 9.17) is 10.2 Å². The molecule has 1 aliphatic carbocycles. The van der Waals surface area contributed by atoms with Gasteiger partial charge in [-0.25, -0.2) is 0 Å². The first-order valence-electron chi connectivity index (χ1n) is 5.78. The van der Waals surface area contributed by atoms with Gasteiger partial charge in [0.2, 0.25) is 5.91 Å². The van der Waals surface area contributed by atoms with E-state index in [1.54, 1.807) is 0 Å². The largest absolute Gasteiger partial charge is 0.481 e. The number of carboxylic acids is 1. The van der Waals surface area contributed by atoms with E-state index in [1.807, 2.05) is 0 Å². The Balaban J connectivity index is 2.47. The number of rotatable bonds is 5. The van der Waals surface area contributed by atoms with Crippen LogP contribution in [0.3, 0.4) is 0 Å². The predicted molar refractivity (Wildman–Crippen MR) is 57.8 cm³/mol. The van der Waals surface area contributed by atoms with Gasteiger partial charge < -0.3 is 15.5 Å². The van der Waals surface area contributed by atoms with Gasteiger partial charge in [-0.3, -0.25) is 9.59 Å². The van der Waals surface area contributed by atoms with E-state index in [0.29, 0.717) is 25.8 Å². The summed E-state index contributed by atoms with van der Waals surface area (Å²) < 4.78 is 0. The van der Waals surface area contributed by atoms with Crippen molar-refractivity contribution in [1.82, 2.24) is 5.32 Å². The first kappa shape index (κ1) is 13.0. The van der Waals surface area contributed by atoms with Crippen LogP contribution in [0.25, 0.3) is 0 Å². The molecule has 0 radical (unpaired) electrons. The van der Waals surface area contributed by atoms with Gasteiger partial charge >= 0.3 is 5.97 Å². The number of nitrogens with one attached hydrogen (secondary N) is 1. The molecule has 0 spiro atoms. The van der Waals surface area contributed by atoms with Crippen molar-refractivity contribution in [2.24, 2.45) is 11.8 Å². The molecule has 1 saturated carbocycles. The van der Waals surface area contributed by atoms with E-state index in [0.717, 1.165) is 12.8 Å². The highest BCUT2D eigenvalue weighted by atomic mass is 16.4. The lowest BCUT2D eigenvalue weighted by molar-refractivity contribution is -0.148. The molecule has 3 N–H and O–H groups in total. The average molecular weight is 229 g/mol. The van der Waals surface area contributed by atoms with E-state index in [2.05, 4.69) is 5.32 Å². The van der Waals surface area contributed by atoms with Gasteiger partial charge in [-0.05, 0) is 19.3 Å². The van der Waals surface area contributed by atoms with Crippen LogP contribution in [-0.4, -0.2) is 35.2 Å². The number of amides is 1. The Bertz CT molecular complexity index is 254. The van der Waals surface area contributed by atoms with E-state index in [9.17, 15) is 9.59 Å². The van der Waals surface area contributed by atoms with E-state index < -0.39 is 17.8 Å². The second-order valence-corrected chi connectivity index (χ2v) is 4.20. The van der Waals surface area contributed by atoms with Crippen molar-refractivity contribution in [3.63, 3.8) is 0 Å². The zero-order valence-electron chi connectivity index (χ0n) is 9.32.